The molecule has 0 unspecified atom stereocenters. The number of aryl methyl sites for hydroxylation is 1. The summed E-state index contributed by atoms with van der Waals surface area (Å²) in [6.07, 6.45) is 0. The van der Waals surface area contributed by atoms with Gasteiger partial charge in [0.05, 0.1) is 7.11 Å². The van der Waals surface area contributed by atoms with Crippen LogP contribution in [0.5, 0.6) is 11.5 Å². The van der Waals surface area contributed by atoms with Gasteiger partial charge in [0, 0.05) is 0 Å². The minimum Gasteiger partial charge on any atom is -0.493 e. The third-order valence-electron chi connectivity index (χ3n) is 2.29. The highest BCUT2D eigenvalue weighted by Crippen LogP contribution is 2.28. The van der Waals surface area contributed by atoms with Gasteiger partial charge in [-0.25, -0.2) is 0 Å². The van der Waals surface area contributed by atoms with E-state index in [0.717, 1.165) is 5.56 Å². The molecule has 0 amide bonds. The van der Waals surface area contributed by atoms with Gasteiger partial charge < -0.3 is 13.9 Å². The first-order valence-electron chi connectivity index (χ1n) is 5.37. The molecule has 0 saturated carbocycles. The summed E-state index contributed by atoms with van der Waals surface area (Å²) in [7, 11) is 1.60. The molecule has 18 heavy (non-hydrogen) atoms. The lowest BCUT2D eigenvalue weighted by Gasteiger charge is -2.09. The Hall–Kier alpha value is -1.75. The first kappa shape index (κ1) is 12.7. The number of methoxy groups -OCH3 is 1. The molecule has 1 aromatic carbocycles. The maximum atomic E-state index is 5.57. The maximum absolute atomic E-state index is 5.57. The lowest BCUT2D eigenvalue weighted by molar-refractivity contribution is 0.247. The zero-order chi connectivity index (χ0) is 13.0. The minimum atomic E-state index is 0.184. The van der Waals surface area contributed by atoms with Crippen molar-refractivity contribution in [3.63, 3.8) is 0 Å². The van der Waals surface area contributed by atoms with Gasteiger partial charge in [-0.1, -0.05) is 6.07 Å². The minimum absolute atomic E-state index is 0.184. The topological polar surface area (TPSA) is 57.4 Å². The third kappa shape index (κ3) is 2.92. The van der Waals surface area contributed by atoms with Gasteiger partial charge in [-0.05, 0) is 24.6 Å². The van der Waals surface area contributed by atoms with Crippen molar-refractivity contribution < 1.29 is 13.9 Å². The molecule has 0 aliphatic rings. The van der Waals surface area contributed by atoms with E-state index in [1.165, 1.54) is 0 Å². The SMILES string of the molecule is COc1cc(C)ccc1OCc1nnc(CCl)o1. The number of ether oxygens (including phenoxy) is 2. The van der Waals surface area contributed by atoms with Crippen LogP contribution in [0.2, 0.25) is 0 Å². The number of hydrogen-bond donors (Lipinski definition) is 0. The molecule has 0 N–H and O–H groups in total. The molecule has 0 fully saturated rings. The maximum Gasteiger partial charge on any atom is 0.253 e. The standard InChI is InChI=1S/C12H13ClN2O3/c1-8-3-4-9(10(5-8)16-2)17-7-12-15-14-11(6-13)18-12/h3-5H,6-7H2,1-2H3. The highest BCUT2D eigenvalue weighted by atomic mass is 35.5. The second kappa shape index (κ2) is 5.73. The lowest BCUT2D eigenvalue weighted by atomic mass is 10.2. The first-order valence-corrected chi connectivity index (χ1v) is 5.91. The van der Waals surface area contributed by atoms with Crippen molar-refractivity contribution in [2.45, 2.75) is 19.4 Å². The fourth-order valence-electron chi connectivity index (χ4n) is 1.43. The number of nitrogens with zero attached hydrogens (tertiary/aromatic N) is 2. The summed E-state index contributed by atoms with van der Waals surface area (Å²) >= 11 is 5.57. The van der Waals surface area contributed by atoms with E-state index in [1.807, 2.05) is 25.1 Å². The van der Waals surface area contributed by atoms with Gasteiger partial charge in [-0.3, -0.25) is 0 Å². The van der Waals surface area contributed by atoms with Crippen molar-refractivity contribution in [2.75, 3.05) is 7.11 Å². The average Bonchev–Trinajstić information content (AvgIpc) is 2.85. The number of benzene rings is 1. The van der Waals surface area contributed by atoms with Crippen molar-refractivity contribution in [3.8, 4) is 11.5 Å². The molecule has 0 atom stereocenters. The Kier molecular flexibility index (Phi) is 4.04. The van der Waals surface area contributed by atoms with Crippen LogP contribution in [0, 0.1) is 6.92 Å². The van der Waals surface area contributed by atoms with E-state index in [-0.39, 0.29) is 12.5 Å². The summed E-state index contributed by atoms with van der Waals surface area (Å²) in [5, 5.41) is 7.55. The van der Waals surface area contributed by atoms with Crippen molar-refractivity contribution in [3.05, 3.63) is 35.5 Å². The Labute approximate surface area is 110 Å². The quantitative estimate of drug-likeness (QED) is 0.781. The van der Waals surface area contributed by atoms with E-state index in [4.69, 9.17) is 25.5 Å². The van der Waals surface area contributed by atoms with Crippen LogP contribution in [0.25, 0.3) is 0 Å². The Morgan fingerprint density at radius 3 is 2.67 bits per heavy atom. The molecule has 2 aromatic rings. The number of alkyl halides is 1. The van der Waals surface area contributed by atoms with Crippen molar-refractivity contribution in [1.82, 2.24) is 10.2 Å². The highest BCUT2D eigenvalue weighted by Gasteiger charge is 2.08. The van der Waals surface area contributed by atoms with E-state index in [2.05, 4.69) is 10.2 Å². The van der Waals surface area contributed by atoms with Gasteiger partial charge in [-0.2, -0.15) is 0 Å². The van der Waals surface area contributed by atoms with Gasteiger partial charge in [0.25, 0.3) is 5.89 Å². The molecule has 96 valence electrons. The molecule has 0 aliphatic heterocycles. The smallest absolute Gasteiger partial charge is 0.253 e. The zero-order valence-electron chi connectivity index (χ0n) is 10.1. The van der Waals surface area contributed by atoms with Crippen LogP contribution >= 0.6 is 11.6 Å². The fraction of sp³-hybridized carbons (Fsp3) is 0.333. The first-order chi connectivity index (χ1) is 8.72. The Balaban J connectivity index is 2.05. The van der Waals surface area contributed by atoms with E-state index in [0.29, 0.717) is 23.3 Å². The molecular formula is C12H13ClN2O3. The van der Waals surface area contributed by atoms with Gasteiger partial charge in [-0.15, -0.1) is 21.8 Å². The van der Waals surface area contributed by atoms with Crippen LogP contribution in [0.1, 0.15) is 17.3 Å². The molecule has 0 bridgehead atoms. The third-order valence-corrected chi connectivity index (χ3v) is 2.52. The molecule has 2 rings (SSSR count). The second-order valence-electron chi connectivity index (χ2n) is 3.67. The monoisotopic (exact) mass is 268 g/mol. The van der Waals surface area contributed by atoms with Crippen LogP contribution in [-0.4, -0.2) is 17.3 Å². The van der Waals surface area contributed by atoms with Crippen molar-refractivity contribution in [1.29, 1.82) is 0 Å². The van der Waals surface area contributed by atoms with Gasteiger partial charge in [0.15, 0.2) is 18.1 Å². The van der Waals surface area contributed by atoms with E-state index in [1.54, 1.807) is 7.11 Å². The van der Waals surface area contributed by atoms with Gasteiger partial charge in [0.1, 0.15) is 5.88 Å². The van der Waals surface area contributed by atoms with Crippen LogP contribution in [0.15, 0.2) is 22.6 Å². The fourth-order valence-corrected chi connectivity index (χ4v) is 1.54. The Bertz CT molecular complexity index is 528. The summed E-state index contributed by atoms with van der Waals surface area (Å²) in [5.74, 6) is 2.26. The lowest BCUT2D eigenvalue weighted by Crippen LogP contribution is -1.98. The predicted molar refractivity (Wildman–Crippen MR) is 65.9 cm³/mol. The van der Waals surface area contributed by atoms with Crippen LogP contribution in [-0.2, 0) is 12.5 Å². The largest absolute Gasteiger partial charge is 0.493 e. The van der Waals surface area contributed by atoms with Crippen LogP contribution in [0.3, 0.4) is 0 Å². The van der Waals surface area contributed by atoms with Gasteiger partial charge in [0.2, 0.25) is 5.89 Å². The van der Waals surface area contributed by atoms with Gasteiger partial charge >= 0.3 is 0 Å². The highest BCUT2D eigenvalue weighted by molar-refractivity contribution is 6.16. The number of aromatic nitrogens is 2. The summed E-state index contributed by atoms with van der Waals surface area (Å²) in [4.78, 5) is 0. The Morgan fingerprint density at radius 1 is 1.22 bits per heavy atom. The molecule has 0 radical (unpaired) electrons. The number of rotatable bonds is 5. The molecular weight excluding hydrogens is 256 g/mol. The predicted octanol–water partition coefficient (Wildman–Crippen LogP) is 2.70. The molecule has 0 aliphatic carbocycles. The van der Waals surface area contributed by atoms with E-state index < -0.39 is 0 Å². The molecule has 1 aromatic heterocycles. The molecule has 0 saturated heterocycles. The van der Waals surface area contributed by atoms with Crippen LogP contribution < -0.4 is 9.47 Å². The second-order valence-corrected chi connectivity index (χ2v) is 3.93. The molecule has 6 heteroatoms. The molecule has 1 heterocycles. The number of halogens is 1. The number of hydrogen-bond acceptors (Lipinski definition) is 5. The molecule has 0 spiro atoms. The van der Waals surface area contributed by atoms with E-state index in [9.17, 15) is 0 Å². The summed E-state index contributed by atoms with van der Waals surface area (Å²) in [6.45, 7) is 2.17. The summed E-state index contributed by atoms with van der Waals surface area (Å²) in [5.41, 5.74) is 1.10. The Morgan fingerprint density at radius 2 is 2.00 bits per heavy atom. The van der Waals surface area contributed by atoms with Crippen molar-refractivity contribution >= 4 is 11.6 Å². The normalized spacial score (nSPS) is 10.4. The van der Waals surface area contributed by atoms with E-state index >= 15 is 0 Å². The zero-order valence-corrected chi connectivity index (χ0v) is 10.9. The average molecular weight is 269 g/mol. The summed E-state index contributed by atoms with van der Waals surface area (Å²) < 4.78 is 16.0. The van der Waals surface area contributed by atoms with Crippen molar-refractivity contribution in [2.24, 2.45) is 0 Å². The summed E-state index contributed by atoms with van der Waals surface area (Å²) in [6, 6.07) is 5.68. The van der Waals surface area contributed by atoms with Crippen LogP contribution in [0.4, 0.5) is 0 Å². The molecule has 5 nitrogen and oxygen atoms in total.